The number of carbonyl (C=O) groups is 1. The van der Waals surface area contributed by atoms with E-state index in [1.54, 1.807) is 25.1 Å². The first kappa shape index (κ1) is 23.2. The van der Waals surface area contributed by atoms with Crippen LogP contribution in [0.5, 0.6) is 0 Å². The van der Waals surface area contributed by atoms with E-state index >= 15 is 0 Å². The quantitative estimate of drug-likeness (QED) is 0.167. The molecular formula is C23H30ClN5O2. The number of hydrogen-bond acceptors (Lipinski definition) is 5. The van der Waals surface area contributed by atoms with Gasteiger partial charge in [-0.25, -0.2) is 0 Å². The van der Waals surface area contributed by atoms with Gasteiger partial charge < -0.3 is 21.1 Å². The summed E-state index contributed by atoms with van der Waals surface area (Å²) in [6.45, 7) is 3.95. The Balaban J connectivity index is 1.33. The number of nitrogens with two attached hydrogens (primary N) is 1. The number of ether oxygens (including phenoxy) is 1. The molecule has 0 aliphatic carbocycles. The van der Waals surface area contributed by atoms with E-state index in [4.69, 9.17) is 27.5 Å². The van der Waals surface area contributed by atoms with Crippen molar-refractivity contribution in [2.45, 2.75) is 37.9 Å². The number of hydrogen-bond donors (Lipinski definition) is 5. The third-order valence-electron chi connectivity index (χ3n) is 5.51. The fourth-order valence-electron chi connectivity index (χ4n) is 3.60. The maximum Gasteiger partial charge on any atom is 0.237 e. The number of amidine groups is 1. The molecule has 1 fully saturated rings. The summed E-state index contributed by atoms with van der Waals surface area (Å²) < 4.78 is 5.73. The Morgan fingerprint density at radius 3 is 2.81 bits per heavy atom. The van der Waals surface area contributed by atoms with Crippen LogP contribution in [0.1, 0.15) is 36.0 Å². The molecule has 8 heteroatoms. The van der Waals surface area contributed by atoms with Gasteiger partial charge in [-0.1, -0.05) is 54.1 Å². The van der Waals surface area contributed by atoms with Crippen molar-refractivity contribution < 1.29 is 9.53 Å². The lowest BCUT2D eigenvalue weighted by Crippen LogP contribution is -2.43. The lowest BCUT2D eigenvalue weighted by atomic mass is 9.97. The Hall–Kier alpha value is -2.45. The van der Waals surface area contributed by atoms with Gasteiger partial charge in [-0.2, -0.15) is 0 Å². The van der Waals surface area contributed by atoms with Gasteiger partial charge in [0.15, 0.2) is 0 Å². The monoisotopic (exact) mass is 443 g/mol. The molecule has 2 aromatic carbocycles. The second-order valence-electron chi connectivity index (χ2n) is 7.83. The second-order valence-corrected chi connectivity index (χ2v) is 8.23. The van der Waals surface area contributed by atoms with Crippen molar-refractivity contribution in [3.05, 3.63) is 70.2 Å². The second kappa shape index (κ2) is 11.2. The first-order valence-corrected chi connectivity index (χ1v) is 10.8. The number of benzene rings is 2. The Bertz CT molecular complexity index is 893. The highest BCUT2D eigenvalue weighted by atomic mass is 35.5. The fourth-order valence-corrected chi connectivity index (χ4v) is 3.84. The Labute approximate surface area is 188 Å². The lowest BCUT2D eigenvalue weighted by Gasteiger charge is -2.16. The molecule has 0 radical (unpaired) electrons. The van der Waals surface area contributed by atoms with Crippen molar-refractivity contribution in [3.8, 4) is 0 Å². The average molecular weight is 444 g/mol. The summed E-state index contributed by atoms with van der Waals surface area (Å²) in [6, 6.07) is 15.5. The number of nitrogen functional groups attached to an aromatic ring is 1. The van der Waals surface area contributed by atoms with Gasteiger partial charge in [0.25, 0.3) is 0 Å². The van der Waals surface area contributed by atoms with Crippen molar-refractivity contribution in [2.75, 3.05) is 19.9 Å². The number of amides is 1. The van der Waals surface area contributed by atoms with Gasteiger partial charge in [-0.15, -0.1) is 0 Å². The largest absolute Gasteiger partial charge is 0.384 e. The molecule has 1 saturated heterocycles. The molecule has 1 aliphatic heterocycles. The standard InChI is InChI=1S/C23H30ClN5O2/c1-15(23(30)28-11-18-8-7-17(22(25)26)10-21(18)24)29-14-31-13-20-9-19(12-27-20)16-5-3-2-4-6-16/h2-8,10,15,19-20,27,29H,9,11-14H2,1H3,(H3,25,26)(H,28,30)/t15-,19-,20+/m0/s1. The number of rotatable bonds is 10. The molecule has 1 heterocycles. The molecule has 1 amide bonds. The topological polar surface area (TPSA) is 112 Å². The summed E-state index contributed by atoms with van der Waals surface area (Å²) in [4.78, 5) is 12.3. The molecule has 6 N–H and O–H groups in total. The highest BCUT2D eigenvalue weighted by Gasteiger charge is 2.25. The Morgan fingerprint density at radius 2 is 2.10 bits per heavy atom. The van der Waals surface area contributed by atoms with Crippen LogP contribution in [0.15, 0.2) is 48.5 Å². The van der Waals surface area contributed by atoms with E-state index in [0.29, 0.717) is 42.4 Å². The molecule has 2 aromatic rings. The molecular weight excluding hydrogens is 414 g/mol. The fraction of sp³-hybridized carbons (Fsp3) is 0.391. The zero-order chi connectivity index (χ0) is 22.2. The van der Waals surface area contributed by atoms with Crippen LogP contribution in [0.2, 0.25) is 5.02 Å². The van der Waals surface area contributed by atoms with Crippen LogP contribution in [-0.2, 0) is 16.1 Å². The molecule has 3 rings (SSSR count). The summed E-state index contributed by atoms with van der Waals surface area (Å²) in [5, 5.41) is 17.4. The number of nitrogens with one attached hydrogen (secondary N) is 4. The summed E-state index contributed by atoms with van der Waals surface area (Å²) in [5.41, 5.74) is 8.14. The third-order valence-corrected chi connectivity index (χ3v) is 5.87. The molecule has 1 aliphatic rings. The van der Waals surface area contributed by atoms with Crippen molar-refractivity contribution in [2.24, 2.45) is 5.73 Å². The zero-order valence-electron chi connectivity index (χ0n) is 17.7. The van der Waals surface area contributed by atoms with Gasteiger partial charge in [0.1, 0.15) is 5.84 Å². The van der Waals surface area contributed by atoms with Crippen LogP contribution in [0.4, 0.5) is 0 Å². The minimum absolute atomic E-state index is 0.0429. The molecule has 0 saturated carbocycles. The molecule has 0 unspecified atom stereocenters. The summed E-state index contributed by atoms with van der Waals surface area (Å²) in [7, 11) is 0. The molecule has 0 spiro atoms. The van der Waals surface area contributed by atoms with Crippen molar-refractivity contribution in [1.82, 2.24) is 16.0 Å². The molecule has 0 aromatic heterocycles. The van der Waals surface area contributed by atoms with Crippen LogP contribution < -0.4 is 21.7 Å². The molecule has 166 valence electrons. The van der Waals surface area contributed by atoms with Crippen LogP contribution in [0.25, 0.3) is 0 Å². The number of halogens is 1. The number of carbonyl (C=O) groups excluding carboxylic acids is 1. The van der Waals surface area contributed by atoms with Gasteiger partial charge >= 0.3 is 0 Å². The SMILES string of the molecule is C[C@H](NCOC[C@H]1C[C@H](c2ccccc2)CN1)C(=O)NCc1ccc(C(=N)N)cc1Cl. The smallest absolute Gasteiger partial charge is 0.237 e. The minimum Gasteiger partial charge on any atom is -0.384 e. The van der Waals surface area contributed by atoms with E-state index in [-0.39, 0.29) is 11.7 Å². The van der Waals surface area contributed by atoms with Crippen LogP contribution in [0, 0.1) is 5.41 Å². The summed E-state index contributed by atoms with van der Waals surface area (Å²) in [5.74, 6) is 0.334. The van der Waals surface area contributed by atoms with E-state index in [1.165, 1.54) is 5.56 Å². The van der Waals surface area contributed by atoms with Crippen molar-refractivity contribution >= 4 is 23.3 Å². The van der Waals surface area contributed by atoms with E-state index in [1.807, 2.05) is 6.07 Å². The van der Waals surface area contributed by atoms with Crippen molar-refractivity contribution in [3.63, 3.8) is 0 Å². The lowest BCUT2D eigenvalue weighted by molar-refractivity contribution is -0.123. The first-order valence-electron chi connectivity index (χ1n) is 10.4. The maximum absolute atomic E-state index is 12.3. The van der Waals surface area contributed by atoms with Crippen LogP contribution in [0.3, 0.4) is 0 Å². The van der Waals surface area contributed by atoms with E-state index in [0.717, 1.165) is 18.5 Å². The average Bonchev–Trinajstić information content (AvgIpc) is 3.25. The van der Waals surface area contributed by atoms with Gasteiger partial charge in [0.05, 0.1) is 19.4 Å². The van der Waals surface area contributed by atoms with E-state index in [9.17, 15) is 4.79 Å². The van der Waals surface area contributed by atoms with Gasteiger partial charge in [0, 0.05) is 29.7 Å². The molecule has 31 heavy (non-hydrogen) atoms. The predicted octanol–water partition coefficient (Wildman–Crippen LogP) is 2.34. The summed E-state index contributed by atoms with van der Waals surface area (Å²) >= 11 is 6.21. The van der Waals surface area contributed by atoms with Crippen LogP contribution >= 0.6 is 11.6 Å². The van der Waals surface area contributed by atoms with Gasteiger partial charge in [-0.3, -0.25) is 15.5 Å². The highest BCUT2D eigenvalue weighted by molar-refractivity contribution is 6.31. The Morgan fingerprint density at radius 1 is 1.32 bits per heavy atom. The minimum atomic E-state index is -0.399. The van der Waals surface area contributed by atoms with Gasteiger partial charge in [-0.05, 0) is 36.5 Å². The van der Waals surface area contributed by atoms with E-state index in [2.05, 4.69) is 40.2 Å². The predicted molar refractivity (Wildman–Crippen MR) is 123 cm³/mol. The van der Waals surface area contributed by atoms with Crippen LogP contribution in [-0.4, -0.2) is 43.7 Å². The highest BCUT2D eigenvalue weighted by Crippen LogP contribution is 2.25. The zero-order valence-corrected chi connectivity index (χ0v) is 18.4. The maximum atomic E-state index is 12.3. The first-order chi connectivity index (χ1) is 14.9. The Kier molecular flexibility index (Phi) is 8.43. The molecule has 3 atom stereocenters. The van der Waals surface area contributed by atoms with Gasteiger partial charge in [0.2, 0.25) is 5.91 Å². The van der Waals surface area contributed by atoms with E-state index < -0.39 is 6.04 Å². The van der Waals surface area contributed by atoms with Crippen molar-refractivity contribution in [1.29, 1.82) is 5.41 Å². The molecule has 0 bridgehead atoms. The third kappa shape index (κ3) is 6.77. The molecule has 7 nitrogen and oxygen atoms in total. The normalized spacial score (nSPS) is 19.2. The summed E-state index contributed by atoms with van der Waals surface area (Å²) in [6.07, 6.45) is 1.04.